The molecule has 4 rings (SSSR count). The molecule has 0 atom stereocenters. The van der Waals surface area contributed by atoms with Gasteiger partial charge in [-0.05, 0) is 0 Å². The molecule has 1 radical (unpaired) electrons. The maximum absolute atomic E-state index is 1.93. The Kier molecular flexibility index (Phi) is 2.14. The van der Waals surface area contributed by atoms with Gasteiger partial charge in [0.1, 0.15) is 0 Å². The standard InChI is InChI=1S/C10H15.Ir/c1-7-2-9-4-8(1)5-10(3-7)6-9;/h7-9H,1-6H2;/q-1;. The van der Waals surface area contributed by atoms with Crippen LogP contribution in [0.15, 0.2) is 0 Å². The van der Waals surface area contributed by atoms with E-state index in [4.69, 9.17) is 0 Å². The Morgan fingerprint density at radius 1 is 0.727 bits per heavy atom. The van der Waals surface area contributed by atoms with E-state index in [1.54, 1.807) is 19.3 Å². The molecule has 0 saturated heterocycles. The van der Waals surface area contributed by atoms with Crippen molar-refractivity contribution in [2.24, 2.45) is 17.8 Å². The van der Waals surface area contributed by atoms with Gasteiger partial charge in [0.2, 0.25) is 0 Å². The molecule has 0 aromatic rings. The maximum atomic E-state index is 1.93. The molecule has 0 heterocycles. The van der Waals surface area contributed by atoms with Gasteiger partial charge in [0.05, 0.1) is 0 Å². The summed E-state index contributed by atoms with van der Waals surface area (Å²) in [6.45, 7) is 0. The molecule has 0 amide bonds. The second-order valence-corrected chi connectivity index (χ2v) is 4.67. The van der Waals surface area contributed by atoms with Crippen LogP contribution in [-0.4, -0.2) is 0 Å². The topological polar surface area (TPSA) is 0 Å². The molecule has 0 aromatic carbocycles. The van der Waals surface area contributed by atoms with Gasteiger partial charge >= 0.3 is 0 Å². The van der Waals surface area contributed by atoms with Crippen molar-refractivity contribution in [3.63, 3.8) is 0 Å². The van der Waals surface area contributed by atoms with Gasteiger partial charge in [-0.1, -0.05) is 37.0 Å². The first-order chi connectivity index (χ1) is 4.90. The summed E-state index contributed by atoms with van der Waals surface area (Å²) in [5.74, 6) is 5.35. The number of hydrogen-bond donors (Lipinski definition) is 0. The van der Waals surface area contributed by atoms with Crippen molar-refractivity contribution in [3.8, 4) is 0 Å². The van der Waals surface area contributed by atoms with Crippen molar-refractivity contribution in [1.29, 1.82) is 0 Å². The molecule has 4 bridgehead atoms. The van der Waals surface area contributed by atoms with Crippen LogP contribution in [0, 0.1) is 23.7 Å². The molecule has 0 spiro atoms. The van der Waals surface area contributed by atoms with Crippen LogP contribution >= 0.6 is 0 Å². The Morgan fingerprint density at radius 2 is 1.09 bits per heavy atom. The predicted octanol–water partition coefficient (Wildman–Crippen LogP) is 2.79. The van der Waals surface area contributed by atoms with Crippen LogP contribution in [0.5, 0.6) is 0 Å². The minimum absolute atomic E-state index is 0. The van der Waals surface area contributed by atoms with Crippen LogP contribution in [0.1, 0.15) is 38.5 Å². The fraction of sp³-hybridized carbons (Fsp3) is 0.900. The molecule has 1 heteroatoms. The third-order valence-corrected chi connectivity index (χ3v) is 3.73. The zero-order valence-electron chi connectivity index (χ0n) is 6.81. The van der Waals surface area contributed by atoms with Crippen LogP contribution in [0.25, 0.3) is 0 Å². The Morgan fingerprint density at radius 3 is 1.36 bits per heavy atom. The zero-order valence-corrected chi connectivity index (χ0v) is 9.20. The van der Waals surface area contributed by atoms with Gasteiger partial charge in [-0.15, -0.1) is 0 Å². The monoisotopic (exact) mass is 328 g/mol. The van der Waals surface area contributed by atoms with Crippen molar-refractivity contribution in [1.82, 2.24) is 0 Å². The third kappa shape index (κ3) is 1.31. The van der Waals surface area contributed by atoms with Crippen molar-refractivity contribution < 1.29 is 20.1 Å². The summed E-state index contributed by atoms with van der Waals surface area (Å²) in [6, 6.07) is 0. The van der Waals surface area contributed by atoms with E-state index >= 15 is 0 Å². The van der Waals surface area contributed by atoms with Gasteiger partial charge in [0.15, 0.2) is 0 Å². The van der Waals surface area contributed by atoms with E-state index in [1.165, 1.54) is 19.3 Å². The van der Waals surface area contributed by atoms with Gasteiger partial charge in [-0.3, -0.25) is 0 Å². The van der Waals surface area contributed by atoms with E-state index < -0.39 is 0 Å². The summed E-state index contributed by atoms with van der Waals surface area (Å²) in [7, 11) is 0. The molecule has 65 valence electrons. The summed E-state index contributed by atoms with van der Waals surface area (Å²) >= 11 is 0. The molecule has 0 nitrogen and oxygen atoms in total. The van der Waals surface area contributed by atoms with E-state index in [9.17, 15) is 0 Å². The van der Waals surface area contributed by atoms with E-state index in [2.05, 4.69) is 0 Å². The molecular formula is C10H15Ir-. The fourth-order valence-electron chi connectivity index (χ4n) is 3.68. The third-order valence-electron chi connectivity index (χ3n) is 3.73. The molecular weight excluding hydrogens is 312 g/mol. The number of rotatable bonds is 0. The first-order valence-electron chi connectivity index (χ1n) is 4.73. The zero-order chi connectivity index (χ0) is 6.55. The molecule has 0 aliphatic heterocycles. The van der Waals surface area contributed by atoms with E-state index in [-0.39, 0.29) is 20.1 Å². The fourth-order valence-corrected chi connectivity index (χ4v) is 3.68. The second kappa shape index (κ2) is 2.85. The van der Waals surface area contributed by atoms with Crippen molar-refractivity contribution in [2.45, 2.75) is 38.5 Å². The molecule has 0 N–H and O–H groups in total. The quantitative estimate of drug-likeness (QED) is 0.600. The molecule has 4 aliphatic carbocycles. The van der Waals surface area contributed by atoms with Crippen LogP contribution < -0.4 is 0 Å². The van der Waals surface area contributed by atoms with E-state index in [1.807, 2.05) is 5.92 Å². The van der Waals surface area contributed by atoms with Crippen LogP contribution in [0.3, 0.4) is 0 Å². The smallest absolute Gasteiger partial charge is 0 e. The SMILES string of the molecule is C1[C-]2CC3CC1CC(C2)C3.[Ir]. The molecule has 4 aliphatic rings. The molecule has 4 saturated carbocycles. The van der Waals surface area contributed by atoms with Crippen molar-refractivity contribution >= 4 is 0 Å². The molecule has 11 heavy (non-hydrogen) atoms. The number of hydrogen-bond acceptors (Lipinski definition) is 0. The van der Waals surface area contributed by atoms with Crippen LogP contribution in [0.4, 0.5) is 0 Å². The van der Waals surface area contributed by atoms with Crippen LogP contribution in [-0.2, 0) is 20.1 Å². The van der Waals surface area contributed by atoms with E-state index in [0.29, 0.717) is 0 Å². The minimum atomic E-state index is 0. The molecule has 0 aromatic heterocycles. The molecule has 0 unspecified atom stereocenters. The van der Waals surface area contributed by atoms with Gasteiger partial charge in [-0.25, -0.2) is 0 Å². The maximum Gasteiger partial charge on any atom is 0 e. The van der Waals surface area contributed by atoms with Gasteiger partial charge in [0.25, 0.3) is 0 Å². The second-order valence-electron chi connectivity index (χ2n) is 4.67. The van der Waals surface area contributed by atoms with Gasteiger partial charge in [0, 0.05) is 20.1 Å². The van der Waals surface area contributed by atoms with Crippen LogP contribution in [0.2, 0.25) is 0 Å². The summed E-state index contributed by atoms with van der Waals surface area (Å²) in [5, 5.41) is 0. The van der Waals surface area contributed by atoms with Gasteiger partial charge in [-0.2, -0.15) is 19.3 Å². The molecule has 4 fully saturated rings. The Bertz CT molecular complexity index is 96.4. The first-order valence-corrected chi connectivity index (χ1v) is 4.73. The summed E-state index contributed by atoms with van der Waals surface area (Å²) in [5.41, 5.74) is 0. The predicted molar refractivity (Wildman–Crippen MR) is 41.4 cm³/mol. The largest absolute Gasteiger partial charge is 0.313 e. The Labute approximate surface area is 82.5 Å². The summed E-state index contributed by atoms with van der Waals surface area (Å²) < 4.78 is 0. The first kappa shape index (κ1) is 8.26. The summed E-state index contributed by atoms with van der Waals surface area (Å²) in [6.07, 6.45) is 9.31. The van der Waals surface area contributed by atoms with Crippen molar-refractivity contribution in [2.75, 3.05) is 0 Å². The average Bonchev–Trinajstić information content (AvgIpc) is 1.82. The Hall–Kier alpha value is 0.649. The normalized spacial score (nSPS) is 47.5. The minimum Gasteiger partial charge on any atom is -0.313 e. The van der Waals surface area contributed by atoms with E-state index in [0.717, 1.165) is 17.8 Å². The average molecular weight is 327 g/mol. The summed E-state index contributed by atoms with van der Waals surface area (Å²) in [4.78, 5) is 0. The van der Waals surface area contributed by atoms with Gasteiger partial charge < -0.3 is 5.92 Å². The van der Waals surface area contributed by atoms with Crippen molar-refractivity contribution in [3.05, 3.63) is 5.92 Å². The Balaban J connectivity index is 0.000000480.